The molecule has 4 heteroatoms. The first-order valence-corrected chi connectivity index (χ1v) is 7.98. The van der Waals surface area contributed by atoms with Crippen LogP contribution in [0.25, 0.3) is 5.70 Å². The molecule has 1 spiro atoms. The van der Waals surface area contributed by atoms with Crippen molar-refractivity contribution in [2.24, 2.45) is 11.3 Å². The van der Waals surface area contributed by atoms with E-state index in [1.54, 1.807) is 0 Å². The van der Waals surface area contributed by atoms with Gasteiger partial charge in [-0.2, -0.15) is 0 Å². The minimum Gasteiger partial charge on any atom is -0.326 e. The van der Waals surface area contributed by atoms with Crippen LogP contribution in [0.3, 0.4) is 0 Å². The van der Waals surface area contributed by atoms with E-state index in [-0.39, 0.29) is 11.8 Å². The van der Waals surface area contributed by atoms with Gasteiger partial charge in [0.2, 0.25) is 5.91 Å². The SMILES string of the molecule is Cc1ccc(NC(=O)C2CC23CCC3)cc1C1=CC=CNN1. The molecule has 0 radical (unpaired) electrons. The number of rotatable bonds is 3. The third kappa shape index (κ3) is 2.19. The number of nitrogens with one attached hydrogen (secondary N) is 3. The number of allylic oxidation sites excluding steroid dienone is 2. The zero-order chi connectivity index (χ0) is 15.2. The fraction of sp³-hybridized carbons (Fsp3) is 0.389. The number of amides is 1. The molecule has 22 heavy (non-hydrogen) atoms. The normalized spacial score (nSPS) is 23.9. The van der Waals surface area contributed by atoms with Crippen molar-refractivity contribution in [3.05, 3.63) is 47.7 Å². The highest BCUT2D eigenvalue weighted by Crippen LogP contribution is 2.65. The van der Waals surface area contributed by atoms with Crippen molar-refractivity contribution >= 4 is 17.3 Å². The van der Waals surface area contributed by atoms with Crippen molar-refractivity contribution in [1.29, 1.82) is 0 Å². The zero-order valence-corrected chi connectivity index (χ0v) is 12.8. The van der Waals surface area contributed by atoms with E-state index in [9.17, 15) is 4.79 Å². The molecule has 4 nitrogen and oxygen atoms in total. The van der Waals surface area contributed by atoms with Gasteiger partial charge in [0.25, 0.3) is 0 Å². The largest absolute Gasteiger partial charge is 0.326 e. The fourth-order valence-electron chi connectivity index (χ4n) is 3.63. The number of hydrogen-bond acceptors (Lipinski definition) is 3. The Labute approximate surface area is 130 Å². The standard InChI is InChI=1S/C18H21N3O/c1-12-5-6-13(10-14(12)16-4-2-9-19-21-16)20-17(22)15-11-18(15)7-3-8-18/h2,4-6,9-10,15,19,21H,3,7-8,11H2,1H3,(H,20,22). The molecule has 2 aliphatic carbocycles. The molecule has 2 fully saturated rings. The zero-order valence-electron chi connectivity index (χ0n) is 12.8. The molecular weight excluding hydrogens is 274 g/mol. The molecule has 3 N–H and O–H groups in total. The summed E-state index contributed by atoms with van der Waals surface area (Å²) < 4.78 is 0. The molecule has 1 aromatic rings. The third-order valence-electron chi connectivity index (χ3n) is 5.30. The Hall–Kier alpha value is -2.23. The summed E-state index contributed by atoms with van der Waals surface area (Å²) in [4.78, 5) is 12.4. The molecule has 0 saturated heterocycles. The lowest BCUT2D eigenvalue weighted by Crippen LogP contribution is -2.27. The van der Waals surface area contributed by atoms with Crippen LogP contribution in [0.4, 0.5) is 5.69 Å². The first kappa shape index (κ1) is 13.4. The molecular formula is C18H21N3O. The summed E-state index contributed by atoms with van der Waals surface area (Å²) in [6.07, 6.45) is 10.7. The van der Waals surface area contributed by atoms with Crippen molar-refractivity contribution in [3.8, 4) is 0 Å². The molecule has 0 aromatic heterocycles. The smallest absolute Gasteiger partial charge is 0.228 e. The van der Waals surface area contributed by atoms with Crippen molar-refractivity contribution in [2.45, 2.75) is 32.6 Å². The number of benzene rings is 1. The summed E-state index contributed by atoms with van der Waals surface area (Å²) in [5.41, 5.74) is 10.7. The number of hydrazine groups is 1. The maximum atomic E-state index is 12.4. The van der Waals surface area contributed by atoms with E-state index in [1.807, 2.05) is 30.5 Å². The molecule has 2 saturated carbocycles. The summed E-state index contributed by atoms with van der Waals surface area (Å²) in [6, 6.07) is 6.08. The van der Waals surface area contributed by atoms with Gasteiger partial charge in [0, 0.05) is 23.4 Å². The monoisotopic (exact) mass is 295 g/mol. The van der Waals surface area contributed by atoms with Crippen LogP contribution in [-0.4, -0.2) is 5.91 Å². The average Bonchev–Trinajstić information content (AvgIpc) is 3.26. The summed E-state index contributed by atoms with van der Waals surface area (Å²) in [6.45, 7) is 2.08. The van der Waals surface area contributed by atoms with Crippen LogP contribution in [0.5, 0.6) is 0 Å². The van der Waals surface area contributed by atoms with E-state index in [2.05, 4.69) is 29.2 Å². The van der Waals surface area contributed by atoms with Gasteiger partial charge in [0.05, 0.1) is 5.70 Å². The van der Waals surface area contributed by atoms with E-state index in [4.69, 9.17) is 0 Å². The van der Waals surface area contributed by atoms with Crippen molar-refractivity contribution in [2.75, 3.05) is 5.32 Å². The minimum absolute atomic E-state index is 0.193. The maximum absolute atomic E-state index is 12.4. The predicted octanol–water partition coefficient (Wildman–Crippen LogP) is 3.09. The van der Waals surface area contributed by atoms with E-state index in [0.717, 1.165) is 23.4 Å². The second kappa shape index (κ2) is 4.90. The maximum Gasteiger partial charge on any atom is 0.228 e. The summed E-state index contributed by atoms with van der Waals surface area (Å²) in [5, 5.41) is 3.10. The highest BCUT2D eigenvalue weighted by Gasteiger charge is 2.60. The van der Waals surface area contributed by atoms with Gasteiger partial charge in [0.1, 0.15) is 0 Å². The van der Waals surface area contributed by atoms with E-state index in [1.165, 1.54) is 24.8 Å². The van der Waals surface area contributed by atoms with Gasteiger partial charge < -0.3 is 16.2 Å². The summed E-state index contributed by atoms with van der Waals surface area (Å²) in [5.74, 6) is 0.431. The number of hydrogen-bond donors (Lipinski definition) is 3. The topological polar surface area (TPSA) is 53.2 Å². The quantitative estimate of drug-likeness (QED) is 0.803. The van der Waals surface area contributed by atoms with Crippen molar-refractivity contribution in [3.63, 3.8) is 0 Å². The Morgan fingerprint density at radius 1 is 1.36 bits per heavy atom. The van der Waals surface area contributed by atoms with Gasteiger partial charge in [-0.3, -0.25) is 4.79 Å². The van der Waals surface area contributed by atoms with Crippen molar-refractivity contribution < 1.29 is 4.79 Å². The molecule has 0 bridgehead atoms. The average molecular weight is 295 g/mol. The van der Waals surface area contributed by atoms with Crippen LogP contribution in [-0.2, 0) is 4.79 Å². The number of carbonyl (C=O) groups is 1. The van der Waals surface area contributed by atoms with Crippen LogP contribution in [0.15, 0.2) is 36.6 Å². The van der Waals surface area contributed by atoms with E-state index >= 15 is 0 Å². The Kier molecular flexibility index (Phi) is 2.99. The molecule has 1 aromatic carbocycles. The third-order valence-corrected chi connectivity index (χ3v) is 5.30. The Morgan fingerprint density at radius 3 is 2.86 bits per heavy atom. The highest BCUT2D eigenvalue weighted by molar-refractivity contribution is 5.95. The Bertz CT molecular complexity index is 686. The molecule has 4 rings (SSSR count). The van der Waals surface area contributed by atoms with Gasteiger partial charge >= 0.3 is 0 Å². The molecule has 1 unspecified atom stereocenters. The van der Waals surface area contributed by atoms with Gasteiger partial charge in [-0.25, -0.2) is 0 Å². The molecule has 1 amide bonds. The van der Waals surface area contributed by atoms with Crippen LogP contribution in [0.2, 0.25) is 0 Å². The van der Waals surface area contributed by atoms with Crippen LogP contribution in [0.1, 0.15) is 36.8 Å². The number of carbonyl (C=O) groups excluding carboxylic acids is 1. The Morgan fingerprint density at radius 2 is 2.23 bits per heavy atom. The lowest BCUT2D eigenvalue weighted by molar-refractivity contribution is -0.118. The van der Waals surface area contributed by atoms with Crippen molar-refractivity contribution in [1.82, 2.24) is 10.9 Å². The van der Waals surface area contributed by atoms with Gasteiger partial charge in [-0.1, -0.05) is 12.5 Å². The number of aryl methyl sites for hydroxylation is 1. The lowest BCUT2D eigenvalue weighted by atomic mass is 9.79. The molecule has 3 aliphatic rings. The molecule has 1 atom stereocenters. The van der Waals surface area contributed by atoms with E-state index < -0.39 is 0 Å². The van der Waals surface area contributed by atoms with Gasteiger partial charge in [-0.15, -0.1) is 0 Å². The molecule has 1 aliphatic heterocycles. The lowest BCUT2D eigenvalue weighted by Gasteiger charge is -2.26. The first-order chi connectivity index (χ1) is 10.7. The first-order valence-electron chi connectivity index (χ1n) is 7.98. The van der Waals surface area contributed by atoms with Gasteiger partial charge in [-0.05, 0) is 61.4 Å². The van der Waals surface area contributed by atoms with Crippen LogP contribution >= 0.6 is 0 Å². The Balaban J connectivity index is 1.51. The second-order valence-electron chi connectivity index (χ2n) is 6.70. The predicted molar refractivity (Wildman–Crippen MR) is 87.6 cm³/mol. The minimum atomic E-state index is 0.193. The summed E-state index contributed by atoms with van der Waals surface area (Å²) in [7, 11) is 0. The molecule has 1 heterocycles. The second-order valence-corrected chi connectivity index (χ2v) is 6.70. The summed E-state index contributed by atoms with van der Waals surface area (Å²) >= 11 is 0. The fourth-order valence-corrected chi connectivity index (χ4v) is 3.63. The molecule has 114 valence electrons. The van der Waals surface area contributed by atoms with E-state index in [0.29, 0.717) is 5.41 Å². The van der Waals surface area contributed by atoms with Crippen LogP contribution < -0.4 is 16.2 Å². The highest BCUT2D eigenvalue weighted by atomic mass is 16.2. The van der Waals surface area contributed by atoms with Gasteiger partial charge in [0.15, 0.2) is 0 Å². The number of anilines is 1. The van der Waals surface area contributed by atoms with Crippen LogP contribution in [0, 0.1) is 18.3 Å².